The van der Waals surface area contributed by atoms with Crippen molar-refractivity contribution in [3.05, 3.63) is 22.5 Å². The average Bonchev–Trinajstić information content (AvgIpc) is 3.00. The zero-order valence-corrected chi connectivity index (χ0v) is 9.90. The molecule has 0 radical (unpaired) electrons. The van der Waals surface area contributed by atoms with E-state index in [0.717, 1.165) is 12.8 Å². The molecule has 1 aliphatic carbocycles. The molecule has 1 aliphatic rings. The molecule has 0 saturated heterocycles. The second kappa shape index (κ2) is 3.79. The lowest BCUT2D eigenvalue weighted by atomic mass is 10.0. The second-order valence-electron chi connectivity index (χ2n) is 3.94. The number of benzene rings is 1. The van der Waals surface area contributed by atoms with Crippen molar-refractivity contribution in [2.24, 2.45) is 5.73 Å². The lowest BCUT2D eigenvalue weighted by molar-refractivity contribution is 0.344. The van der Waals surface area contributed by atoms with Crippen LogP contribution in [0.5, 0.6) is 11.5 Å². The van der Waals surface area contributed by atoms with Gasteiger partial charge in [-0.25, -0.2) is 4.39 Å². The van der Waals surface area contributed by atoms with Gasteiger partial charge in [0.2, 0.25) is 0 Å². The monoisotopic (exact) mass is 245 g/mol. The molecular formula is C11H13ClFNO2. The van der Waals surface area contributed by atoms with Crippen molar-refractivity contribution in [1.29, 1.82) is 0 Å². The average molecular weight is 246 g/mol. The smallest absolute Gasteiger partial charge is 0.168 e. The summed E-state index contributed by atoms with van der Waals surface area (Å²) in [6.07, 6.45) is 1.45. The fourth-order valence-electron chi connectivity index (χ4n) is 1.77. The zero-order valence-electron chi connectivity index (χ0n) is 9.14. The Morgan fingerprint density at radius 3 is 2.44 bits per heavy atom. The fraction of sp³-hybridized carbons (Fsp3) is 0.455. The number of methoxy groups -OCH3 is 2. The Balaban J connectivity index is 2.67. The molecule has 0 amide bonds. The number of rotatable bonds is 3. The molecule has 3 nitrogen and oxygen atoms in total. The Kier molecular flexibility index (Phi) is 2.72. The summed E-state index contributed by atoms with van der Waals surface area (Å²) < 4.78 is 24.2. The SMILES string of the molecule is COc1cc(Cl)c(F)c(C2(N)CC2)c1OC. The maximum atomic E-state index is 14.0. The van der Waals surface area contributed by atoms with Crippen LogP contribution in [-0.2, 0) is 5.54 Å². The highest BCUT2D eigenvalue weighted by molar-refractivity contribution is 6.31. The summed E-state index contributed by atoms with van der Waals surface area (Å²) in [5, 5.41) is 0.00405. The summed E-state index contributed by atoms with van der Waals surface area (Å²) in [7, 11) is 2.94. The summed E-state index contributed by atoms with van der Waals surface area (Å²) in [6, 6.07) is 1.39. The maximum absolute atomic E-state index is 14.0. The minimum atomic E-state index is -0.659. The van der Waals surface area contributed by atoms with Gasteiger partial charge in [-0.15, -0.1) is 0 Å². The topological polar surface area (TPSA) is 44.5 Å². The fourth-order valence-corrected chi connectivity index (χ4v) is 1.96. The minimum Gasteiger partial charge on any atom is -0.493 e. The molecule has 0 aromatic heterocycles. The highest BCUT2D eigenvalue weighted by atomic mass is 35.5. The standard InChI is InChI=1S/C11H13ClFNO2/c1-15-7-5-6(12)9(13)8(10(7)16-2)11(14)3-4-11/h5H,3-4,14H2,1-2H3. The number of hydrogen-bond donors (Lipinski definition) is 1. The Labute approximate surface area is 98.3 Å². The number of nitrogens with two attached hydrogens (primary N) is 1. The van der Waals surface area contributed by atoms with E-state index in [1.165, 1.54) is 20.3 Å². The van der Waals surface area contributed by atoms with E-state index in [2.05, 4.69) is 0 Å². The summed E-state index contributed by atoms with van der Waals surface area (Å²) in [6.45, 7) is 0. The Bertz CT molecular complexity index is 432. The van der Waals surface area contributed by atoms with E-state index in [1.54, 1.807) is 0 Å². The van der Waals surface area contributed by atoms with Crippen molar-refractivity contribution in [2.45, 2.75) is 18.4 Å². The molecule has 2 rings (SSSR count). The van der Waals surface area contributed by atoms with Crippen LogP contribution in [0.15, 0.2) is 6.07 Å². The molecule has 0 spiro atoms. The largest absolute Gasteiger partial charge is 0.493 e. The van der Waals surface area contributed by atoms with Gasteiger partial charge in [-0.05, 0) is 12.8 Å². The van der Waals surface area contributed by atoms with Gasteiger partial charge in [-0.2, -0.15) is 0 Å². The Hall–Kier alpha value is -1.00. The predicted molar refractivity (Wildman–Crippen MR) is 59.6 cm³/mol. The molecule has 16 heavy (non-hydrogen) atoms. The van der Waals surface area contributed by atoms with Gasteiger partial charge in [0.25, 0.3) is 0 Å². The molecule has 0 aliphatic heterocycles. The van der Waals surface area contributed by atoms with Crippen molar-refractivity contribution in [2.75, 3.05) is 14.2 Å². The van der Waals surface area contributed by atoms with E-state index in [4.69, 9.17) is 26.8 Å². The van der Waals surface area contributed by atoms with Gasteiger partial charge in [-0.1, -0.05) is 11.6 Å². The minimum absolute atomic E-state index is 0.00405. The van der Waals surface area contributed by atoms with Gasteiger partial charge in [-0.3, -0.25) is 0 Å². The first kappa shape index (κ1) is 11.5. The van der Waals surface area contributed by atoms with E-state index < -0.39 is 11.4 Å². The van der Waals surface area contributed by atoms with Crippen molar-refractivity contribution >= 4 is 11.6 Å². The van der Waals surface area contributed by atoms with Gasteiger partial charge in [0.15, 0.2) is 17.3 Å². The highest BCUT2D eigenvalue weighted by Crippen LogP contribution is 2.51. The lowest BCUT2D eigenvalue weighted by Crippen LogP contribution is -2.22. The predicted octanol–water partition coefficient (Wildman–Crippen LogP) is 2.44. The third kappa shape index (κ3) is 1.62. The third-order valence-electron chi connectivity index (χ3n) is 2.85. The molecule has 88 valence electrons. The maximum Gasteiger partial charge on any atom is 0.168 e. The van der Waals surface area contributed by atoms with E-state index in [-0.39, 0.29) is 5.02 Å². The zero-order chi connectivity index (χ0) is 11.9. The molecule has 0 atom stereocenters. The molecule has 0 heterocycles. The van der Waals surface area contributed by atoms with Crippen LogP contribution >= 0.6 is 11.6 Å². The first-order valence-electron chi connectivity index (χ1n) is 4.93. The van der Waals surface area contributed by atoms with E-state index in [0.29, 0.717) is 17.1 Å². The molecule has 1 fully saturated rings. The highest BCUT2D eigenvalue weighted by Gasteiger charge is 2.46. The molecule has 0 bridgehead atoms. The quantitative estimate of drug-likeness (QED) is 0.890. The number of hydrogen-bond acceptors (Lipinski definition) is 3. The first-order valence-corrected chi connectivity index (χ1v) is 5.30. The van der Waals surface area contributed by atoms with E-state index >= 15 is 0 Å². The van der Waals surface area contributed by atoms with Crippen LogP contribution in [0.3, 0.4) is 0 Å². The summed E-state index contributed by atoms with van der Waals surface area (Å²) in [4.78, 5) is 0. The second-order valence-corrected chi connectivity index (χ2v) is 4.35. The van der Waals surface area contributed by atoms with Gasteiger partial charge in [0.1, 0.15) is 0 Å². The molecule has 1 saturated carbocycles. The number of ether oxygens (including phenoxy) is 2. The van der Waals surface area contributed by atoms with Gasteiger partial charge in [0, 0.05) is 11.6 Å². The summed E-state index contributed by atoms with van der Waals surface area (Å²) in [5.74, 6) is 0.226. The van der Waals surface area contributed by atoms with Gasteiger partial charge >= 0.3 is 0 Å². The molecular weight excluding hydrogens is 233 g/mol. The van der Waals surface area contributed by atoms with Crippen LogP contribution in [0, 0.1) is 5.82 Å². The molecule has 2 N–H and O–H groups in total. The van der Waals surface area contributed by atoms with Gasteiger partial charge < -0.3 is 15.2 Å². The first-order chi connectivity index (χ1) is 7.53. The van der Waals surface area contributed by atoms with Crippen molar-refractivity contribution in [3.63, 3.8) is 0 Å². The molecule has 1 aromatic carbocycles. The molecule has 0 unspecified atom stereocenters. The van der Waals surface area contributed by atoms with Crippen LogP contribution < -0.4 is 15.2 Å². The van der Waals surface area contributed by atoms with Crippen LogP contribution in [0.4, 0.5) is 4.39 Å². The summed E-state index contributed by atoms with van der Waals surface area (Å²) >= 11 is 5.79. The van der Waals surface area contributed by atoms with Crippen LogP contribution in [0.1, 0.15) is 18.4 Å². The summed E-state index contributed by atoms with van der Waals surface area (Å²) in [5.41, 5.74) is 5.66. The normalized spacial score (nSPS) is 17.1. The van der Waals surface area contributed by atoms with E-state index in [9.17, 15) is 4.39 Å². The third-order valence-corrected chi connectivity index (χ3v) is 3.12. The lowest BCUT2D eigenvalue weighted by Gasteiger charge is -2.18. The van der Waals surface area contributed by atoms with Crippen molar-refractivity contribution in [1.82, 2.24) is 0 Å². The van der Waals surface area contributed by atoms with Crippen LogP contribution in [0.25, 0.3) is 0 Å². The Morgan fingerprint density at radius 1 is 1.38 bits per heavy atom. The molecule has 5 heteroatoms. The molecule has 1 aromatic rings. The number of halogens is 2. The van der Waals surface area contributed by atoms with Crippen LogP contribution in [0.2, 0.25) is 5.02 Å². The van der Waals surface area contributed by atoms with E-state index in [1.807, 2.05) is 0 Å². The van der Waals surface area contributed by atoms with Crippen molar-refractivity contribution in [3.8, 4) is 11.5 Å². The van der Waals surface area contributed by atoms with Crippen molar-refractivity contribution < 1.29 is 13.9 Å². The van der Waals surface area contributed by atoms with Crippen LogP contribution in [-0.4, -0.2) is 14.2 Å². The Morgan fingerprint density at radius 2 is 2.00 bits per heavy atom. The van der Waals surface area contributed by atoms with Gasteiger partial charge in [0.05, 0.1) is 24.8 Å².